The minimum Gasteiger partial charge on any atom is -0.300 e. The largest absolute Gasteiger partial charge is 0.300 e. The summed E-state index contributed by atoms with van der Waals surface area (Å²) in [7, 11) is 0. The van der Waals surface area contributed by atoms with E-state index in [1.807, 2.05) is 36.5 Å². The molecule has 0 aliphatic rings. The molecule has 0 bridgehead atoms. The van der Waals surface area contributed by atoms with E-state index >= 15 is 0 Å². The predicted octanol–water partition coefficient (Wildman–Crippen LogP) is 1.90. The van der Waals surface area contributed by atoms with Gasteiger partial charge in [-0.2, -0.15) is 5.10 Å². The maximum atomic E-state index is 11.8. The van der Waals surface area contributed by atoms with Crippen molar-refractivity contribution in [2.75, 3.05) is 5.32 Å². The molecule has 0 saturated heterocycles. The average Bonchev–Trinajstić information content (AvgIpc) is 3.11. The van der Waals surface area contributed by atoms with Crippen molar-refractivity contribution >= 4 is 22.4 Å². The van der Waals surface area contributed by atoms with E-state index in [4.69, 9.17) is 0 Å². The Labute approximate surface area is 119 Å². The zero-order chi connectivity index (χ0) is 13.8. The van der Waals surface area contributed by atoms with Crippen LogP contribution >= 0.6 is 11.3 Å². The second kappa shape index (κ2) is 5.62. The highest BCUT2D eigenvalue weighted by molar-refractivity contribution is 7.13. The second-order valence-corrected chi connectivity index (χ2v) is 4.93. The lowest BCUT2D eigenvalue weighted by Gasteiger charge is -2.00. The monoisotopic (exact) mass is 285 g/mol. The van der Waals surface area contributed by atoms with Crippen molar-refractivity contribution in [3.8, 4) is 5.69 Å². The Balaban J connectivity index is 1.67. The Morgan fingerprint density at radius 1 is 1.30 bits per heavy atom. The topological polar surface area (TPSA) is 72.7 Å². The summed E-state index contributed by atoms with van der Waals surface area (Å²) in [6.45, 7) is 0. The summed E-state index contributed by atoms with van der Waals surface area (Å²) in [5, 5.41) is 14.9. The summed E-state index contributed by atoms with van der Waals surface area (Å²) in [6.07, 6.45) is 3.79. The van der Waals surface area contributed by atoms with E-state index in [1.54, 1.807) is 16.4 Å². The van der Waals surface area contributed by atoms with Crippen molar-refractivity contribution in [2.45, 2.75) is 6.42 Å². The highest BCUT2D eigenvalue weighted by Crippen LogP contribution is 2.11. The number of carbonyl (C=O) groups excluding carboxylic acids is 1. The molecule has 0 fully saturated rings. The fourth-order valence-electron chi connectivity index (χ4n) is 1.75. The molecule has 2 aromatic heterocycles. The first kappa shape index (κ1) is 12.5. The van der Waals surface area contributed by atoms with E-state index in [0.717, 1.165) is 11.3 Å². The summed E-state index contributed by atoms with van der Waals surface area (Å²) < 4.78 is 1.74. The molecule has 1 aromatic carbocycles. The average molecular weight is 285 g/mol. The zero-order valence-corrected chi connectivity index (χ0v) is 11.2. The Morgan fingerprint density at radius 2 is 2.15 bits per heavy atom. The molecule has 20 heavy (non-hydrogen) atoms. The Kier molecular flexibility index (Phi) is 3.51. The first-order valence-electron chi connectivity index (χ1n) is 5.96. The van der Waals surface area contributed by atoms with Gasteiger partial charge in [0, 0.05) is 6.20 Å². The van der Waals surface area contributed by atoms with Crippen LogP contribution in [0.4, 0.5) is 5.13 Å². The Morgan fingerprint density at radius 3 is 2.90 bits per heavy atom. The van der Waals surface area contributed by atoms with Gasteiger partial charge in [0.2, 0.25) is 11.0 Å². The number of benzene rings is 1. The van der Waals surface area contributed by atoms with Crippen molar-refractivity contribution < 1.29 is 4.79 Å². The molecule has 6 nitrogen and oxygen atoms in total. The van der Waals surface area contributed by atoms with E-state index in [9.17, 15) is 4.79 Å². The van der Waals surface area contributed by atoms with Crippen molar-refractivity contribution in [2.24, 2.45) is 0 Å². The number of carbonyl (C=O) groups is 1. The first-order valence-corrected chi connectivity index (χ1v) is 6.84. The zero-order valence-electron chi connectivity index (χ0n) is 10.4. The lowest BCUT2D eigenvalue weighted by atomic mass is 10.2. The predicted molar refractivity (Wildman–Crippen MR) is 75.8 cm³/mol. The molecule has 0 radical (unpaired) electrons. The fourth-order valence-corrected chi connectivity index (χ4v) is 2.21. The van der Waals surface area contributed by atoms with Crippen LogP contribution in [0.1, 0.15) is 5.56 Å². The van der Waals surface area contributed by atoms with Gasteiger partial charge in [-0.15, -0.1) is 10.2 Å². The highest BCUT2D eigenvalue weighted by Gasteiger charge is 2.08. The van der Waals surface area contributed by atoms with Crippen molar-refractivity contribution in [3.05, 3.63) is 53.8 Å². The maximum absolute atomic E-state index is 11.8. The van der Waals surface area contributed by atoms with Gasteiger partial charge in [0.05, 0.1) is 18.3 Å². The minimum atomic E-state index is -0.130. The van der Waals surface area contributed by atoms with Crippen LogP contribution in [-0.2, 0) is 11.2 Å². The molecular formula is C13H11N5OS. The lowest BCUT2D eigenvalue weighted by molar-refractivity contribution is -0.115. The van der Waals surface area contributed by atoms with Crippen LogP contribution in [0.3, 0.4) is 0 Å². The van der Waals surface area contributed by atoms with Crippen LogP contribution in [0.2, 0.25) is 0 Å². The molecule has 0 unspecified atom stereocenters. The van der Waals surface area contributed by atoms with Gasteiger partial charge in [-0.1, -0.05) is 29.5 Å². The highest BCUT2D eigenvalue weighted by atomic mass is 32.1. The quantitative estimate of drug-likeness (QED) is 0.794. The van der Waals surface area contributed by atoms with Crippen LogP contribution in [0.15, 0.2) is 48.2 Å². The van der Waals surface area contributed by atoms with Gasteiger partial charge in [0.15, 0.2) is 0 Å². The Bertz CT molecular complexity index is 693. The molecule has 3 aromatic rings. The maximum Gasteiger partial charge on any atom is 0.230 e. The molecule has 0 saturated carbocycles. The van der Waals surface area contributed by atoms with Gasteiger partial charge in [0.25, 0.3) is 0 Å². The molecule has 0 atom stereocenters. The number of hydrogen-bond acceptors (Lipinski definition) is 5. The number of hydrogen-bond donors (Lipinski definition) is 1. The van der Waals surface area contributed by atoms with Gasteiger partial charge < -0.3 is 5.32 Å². The van der Waals surface area contributed by atoms with Crippen LogP contribution < -0.4 is 5.32 Å². The van der Waals surface area contributed by atoms with Crippen molar-refractivity contribution in [1.82, 2.24) is 20.0 Å². The first-order chi connectivity index (χ1) is 9.81. The van der Waals surface area contributed by atoms with E-state index in [1.165, 1.54) is 11.3 Å². The number of nitrogens with zero attached hydrogens (tertiary/aromatic N) is 4. The molecule has 2 heterocycles. The molecule has 100 valence electrons. The van der Waals surface area contributed by atoms with E-state index in [0.29, 0.717) is 5.13 Å². The van der Waals surface area contributed by atoms with Crippen LogP contribution in [0.25, 0.3) is 5.69 Å². The van der Waals surface area contributed by atoms with E-state index in [-0.39, 0.29) is 12.3 Å². The summed E-state index contributed by atoms with van der Waals surface area (Å²) in [4.78, 5) is 11.8. The third-order valence-electron chi connectivity index (χ3n) is 2.63. The van der Waals surface area contributed by atoms with Crippen LogP contribution in [0, 0.1) is 0 Å². The molecule has 3 rings (SSSR count). The smallest absolute Gasteiger partial charge is 0.230 e. The fraction of sp³-hybridized carbons (Fsp3) is 0.0769. The normalized spacial score (nSPS) is 10.4. The minimum absolute atomic E-state index is 0.130. The third-order valence-corrected chi connectivity index (χ3v) is 3.23. The molecule has 0 aliphatic heterocycles. The van der Waals surface area contributed by atoms with Gasteiger partial charge in [-0.3, -0.25) is 4.79 Å². The number of anilines is 1. The number of rotatable bonds is 4. The van der Waals surface area contributed by atoms with E-state index < -0.39 is 0 Å². The van der Waals surface area contributed by atoms with Gasteiger partial charge in [0.1, 0.15) is 5.51 Å². The molecule has 0 spiro atoms. The Hall–Kier alpha value is -2.54. The molecule has 0 aliphatic carbocycles. The molecule has 1 N–H and O–H groups in total. The van der Waals surface area contributed by atoms with E-state index in [2.05, 4.69) is 20.6 Å². The number of amides is 1. The third kappa shape index (κ3) is 2.89. The molecule has 1 amide bonds. The van der Waals surface area contributed by atoms with Crippen LogP contribution in [0.5, 0.6) is 0 Å². The molecular weight excluding hydrogens is 274 g/mol. The number of nitrogens with one attached hydrogen (secondary N) is 1. The van der Waals surface area contributed by atoms with Gasteiger partial charge >= 0.3 is 0 Å². The van der Waals surface area contributed by atoms with Crippen LogP contribution in [-0.4, -0.2) is 25.9 Å². The van der Waals surface area contributed by atoms with Crippen molar-refractivity contribution in [1.29, 1.82) is 0 Å². The summed E-state index contributed by atoms with van der Waals surface area (Å²) >= 11 is 1.29. The number of para-hydroxylation sites is 1. The number of aromatic nitrogens is 4. The van der Waals surface area contributed by atoms with Gasteiger partial charge in [-0.25, -0.2) is 4.68 Å². The second-order valence-electron chi connectivity index (χ2n) is 4.10. The summed E-state index contributed by atoms with van der Waals surface area (Å²) in [6, 6.07) is 9.75. The summed E-state index contributed by atoms with van der Waals surface area (Å²) in [5.74, 6) is -0.130. The SMILES string of the molecule is O=C(Cc1cnn(-c2ccccc2)c1)Nc1nncs1. The van der Waals surface area contributed by atoms with Crippen molar-refractivity contribution in [3.63, 3.8) is 0 Å². The van der Waals surface area contributed by atoms with Gasteiger partial charge in [-0.05, 0) is 17.7 Å². The lowest BCUT2D eigenvalue weighted by Crippen LogP contribution is -2.13. The summed E-state index contributed by atoms with van der Waals surface area (Å²) in [5.41, 5.74) is 3.38. The molecule has 7 heteroatoms. The standard InChI is InChI=1S/C13H11N5OS/c19-12(16-13-17-14-9-20-13)6-10-7-15-18(8-10)11-4-2-1-3-5-11/h1-5,7-9H,6H2,(H,16,17,19).